The minimum absolute atomic E-state index is 0.238. The molecule has 0 aromatic carbocycles. The van der Waals surface area contributed by atoms with E-state index in [0.717, 1.165) is 28.9 Å². The molecule has 18 heavy (non-hydrogen) atoms. The van der Waals surface area contributed by atoms with Crippen molar-refractivity contribution >= 4 is 27.4 Å². The molecule has 0 saturated carbocycles. The van der Waals surface area contributed by atoms with Crippen molar-refractivity contribution in [3.63, 3.8) is 0 Å². The van der Waals surface area contributed by atoms with E-state index in [1.165, 1.54) is 10.4 Å². The quantitative estimate of drug-likeness (QED) is 0.872. The molecule has 0 aliphatic carbocycles. The highest BCUT2D eigenvalue weighted by Crippen LogP contribution is 2.32. The molecule has 2 N–H and O–H groups in total. The molecule has 98 valence electrons. The number of aliphatic hydroxyl groups is 1. The van der Waals surface area contributed by atoms with Gasteiger partial charge in [0.05, 0.1) is 5.39 Å². The number of hydrogen-bond acceptors (Lipinski definition) is 5. The van der Waals surface area contributed by atoms with Crippen molar-refractivity contribution in [1.29, 1.82) is 0 Å². The van der Waals surface area contributed by atoms with Crippen LogP contribution in [0.15, 0.2) is 6.33 Å². The van der Waals surface area contributed by atoms with Crippen molar-refractivity contribution < 1.29 is 5.11 Å². The Kier molecular flexibility index (Phi) is 4.14. The summed E-state index contributed by atoms with van der Waals surface area (Å²) in [5.74, 6) is 0.910. The second-order valence-corrected chi connectivity index (χ2v) is 5.80. The first-order valence-electron chi connectivity index (χ1n) is 6.21. The fourth-order valence-corrected chi connectivity index (χ4v) is 2.99. The number of rotatable bonds is 5. The smallest absolute Gasteiger partial charge is 0.138 e. The van der Waals surface area contributed by atoms with E-state index in [1.807, 2.05) is 0 Å². The van der Waals surface area contributed by atoms with E-state index in [2.05, 4.69) is 36.1 Å². The van der Waals surface area contributed by atoms with Crippen LogP contribution >= 0.6 is 11.3 Å². The van der Waals surface area contributed by atoms with Crippen molar-refractivity contribution in [2.24, 2.45) is 0 Å². The van der Waals surface area contributed by atoms with Gasteiger partial charge in [-0.1, -0.05) is 0 Å². The molecule has 2 rings (SSSR count). The normalized spacial score (nSPS) is 12.9. The summed E-state index contributed by atoms with van der Waals surface area (Å²) in [6.07, 6.45) is 3.35. The lowest BCUT2D eigenvalue weighted by Gasteiger charge is -2.14. The lowest BCUT2D eigenvalue weighted by atomic mass is 10.1. The molecule has 2 aromatic heterocycles. The van der Waals surface area contributed by atoms with E-state index >= 15 is 0 Å². The first-order chi connectivity index (χ1) is 8.63. The molecule has 4 nitrogen and oxygen atoms in total. The summed E-state index contributed by atoms with van der Waals surface area (Å²) < 4.78 is 0. The molecule has 0 fully saturated rings. The Morgan fingerprint density at radius 1 is 1.39 bits per heavy atom. The Bertz CT molecular complexity index is 538. The molecule has 1 atom stereocenters. The summed E-state index contributed by atoms with van der Waals surface area (Å²) in [6, 6.07) is 0.301. The third kappa shape index (κ3) is 2.62. The third-order valence-electron chi connectivity index (χ3n) is 3.14. The number of aromatic nitrogens is 2. The van der Waals surface area contributed by atoms with Gasteiger partial charge in [-0.25, -0.2) is 9.97 Å². The van der Waals surface area contributed by atoms with Crippen molar-refractivity contribution in [1.82, 2.24) is 9.97 Å². The highest BCUT2D eigenvalue weighted by atomic mass is 32.1. The van der Waals surface area contributed by atoms with E-state index in [-0.39, 0.29) is 6.61 Å². The van der Waals surface area contributed by atoms with E-state index in [0.29, 0.717) is 6.04 Å². The fraction of sp³-hybridized carbons (Fsp3) is 0.538. The van der Waals surface area contributed by atoms with Crippen LogP contribution in [-0.4, -0.2) is 27.7 Å². The Morgan fingerprint density at radius 2 is 2.17 bits per heavy atom. The van der Waals surface area contributed by atoms with Crippen LogP contribution in [0.5, 0.6) is 0 Å². The summed E-state index contributed by atoms with van der Waals surface area (Å²) in [7, 11) is 0. The highest BCUT2D eigenvalue weighted by molar-refractivity contribution is 7.18. The molecule has 0 aliphatic rings. The van der Waals surface area contributed by atoms with Crippen LogP contribution in [0.2, 0.25) is 0 Å². The van der Waals surface area contributed by atoms with Crippen LogP contribution in [0.1, 0.15) is 30.2 Å². The van der Waals surface area contributed by atoms with Gasteiger partial charge in [-0.2, -0.15) is 0 Å². The minimum Gasteiger partial charge on any atom is -0.396 e. The highest BCUT2D eigenvalue weighted by Gasteiger charge is 2.13. The fourth-order valence-electron chi connectivity index (χ4n) is 1.99. The maximum Gasteiger partial charge on any atom is 0.138 e. The molecule has 5 heteroatoms. The van der Waals surface area contributed by atoms with E-state index in [1.54, 1.807) is 17.7 Å². The van der Waals surface area contributed by atoms with Crippen LogP contribution < -0.4 is 5.32 Å². The molecule has 0 amide bonds. The Hall–Kier alpha value is -1.20. The number of aryl methyl sites for hydroxylation is 2. The second kappa shape index (κ2) is 5.63. The third-order valence-corrected chi connectivity index (χ3v) is 4.26. The van der Waals surface area contributed by atoms with Gasteiger partial charge in [-0.3, -0.25) is 0 Å². The van der Waals surface area contributed by atoms with Crippen LogP contribution in [0.25, 0.3) is 10.2 Å². The summed E-state index contributed by atoms with van der Waals surface area (Å²) in [4.78, 5) is 11.0. The number of anilines is 1. The zero-order chi connectivity index (χ0) is 13.1. The van der Waals surface area contributed by atoms with E-state index < -0.39 is 0 Å². The Labute approximate surface area is 111 Å². The number of nitrogens with one attached hydrogen (secondary N) is 1. The lowest BCUT2D eigenvalue weighted by molar-refractivity contribution is 0.282. The van der Waals surface area contributed by atoms with Crippen LogP contribution in [0.3, 0.4) is 0 Å². The number of aliphatic hydroxyl groups excluding tert-OH is 1. The van der Waals surface area contributed by atoms with Gasteiger partial charge in [0.2, 0.25) is 0 Å². The molecule has 2 heterocycles. The van der Waals surface area contributed by atoms with E-state index in [4.69, 9.17) is 5.11 Å². The molecule has 0 bridgehead atoms. The Morgan fingerprint density at radius 3 is 2.89 bits per heavy atom. The average molecular weight is 265 g/mol. The van der Waals surface area contributed by atoms with Crippen molar-refractivity contribution in [2.75, 3.05) is 11.9 Å². The topological polar surface area (TPSA) is 58.0 Å². The van der Waals surface area contributed by atoms with Gasteiger partial charge in [-0.05, 0) is 39.2 Å². The largest absolute Gasteiger partial charge is 0.396 e. The van der Waals surface area contributed by atoms with Gasteiger partial charge in [-0.15, -0.1) is 11.3 Å². The molecule has 1 unspecified atom stereocenters. The van der Waals surface area contributed by atoms with Crippen molar-refractivity contribution in [3.8, 4) is 0 Å². The number of hydrogen-bond donors (Lipinski definition) is 2. The first-order valence-corrected chi connectivity index (χ1v) is 7.03. The van der Waals surface area contributed by atoms with Gasteiger partial charge in [0.25, 0.3) is 0 Å². The summed E-state index contributed by atoms with van der Waals surface area (Å²) >= 11 is 1.71. The number of fused-ring (bicyclic) bond motifs is 1. The molecule has 0 aliphatic heterocycles. The summed E-state index contributed by atoms with van der Waals surface area (Å²) in [6.45, 7) is 6.57. The zero-order valence-electron chi connectivity index (χ0n) is 11.0. The van der Waals surface area contributed by atoms with Gasteiger partial charge in [0.15, 0.2) is 0 Å². The maximum absolute atomic E-state index is 8.85. The molecular weight excluding hydrogens is 246 g/mol. The van der Waals surface area contributed by atoms with Gasteiger partial charge < -0.3 is 10.4 Å². The number of nitrogens with zero attached hydrogens (tertiary/aromatic N) is 2. The summed E-state index contributed by atoms with van der Waals surface area (Å²) in [5, 5.41) is 13.4. The zero-order valence-corrected chi connectivity index (χ0v) is 11.8. The Balaban J connectivity index is 2.27. The minimum atomic E-state index is 0.238. The summed E-state index contributed by atoms with van der Waals surface area (Å²) in [5.41, 5.74) is 1.26. The molecule has 2 aromatic rings. The monoisotopic (exact) mass is 265 g/mol. The SMILES string of the molecule is Cc1sc2ncnc(NC(C)CCCO)c2c1C. The van der Waals surface area contributed by atoms with Crippen molar-refractivity contribution in [3.05, 3.63) is 16.8 Å². The van der Waals surface area contributed by atoms with Crippen molar-refractivity contribution in [2.45, 2.75) is 39.7 Å². The first kappa shape index (κ1) is 13.2. The van der Waals surface area contributed by atoms with E-state index in [9.17, 15) is 0 Å². The standard InChI is InChI=1S/C13H19N3OS/c1-8(5-4-6-17)16-12-11-9(2)10(3)18-13(11)15-7-14-12/h7-8,17H,4-6H2,1-3H3,(H,14,15,16). The maximum atomic E-state index is 8.85. The van der Waals surface area contributed by atoms with Crippen LogP contribution in [-0.2, 0) is 0 Å². The molecule has 0 radical (unpaired) electrons. The predicted molar refractivity (Wildman–Crippen MR) is 76.3 cm³/mol. The van der Waals surface area contributed by atoms with Gasteiger partial charge in [0, 0.05) is 17.5 Å². The molecular formula is C13H19N3OS. The van der Waals surface area contributed by atoms with Crippen LogP contribution in [0, 0.1) is 13.8 Å². The van der Waals surface area contributed by atoms with Crippen LogP contribution in [0.4, 0.5) is 5.82 Å². The van der Waals surface area contributed by atoms with Gasteiger partial charge in [0.1, 0.15) is 17.0 Å². The lowest BCUT2D eigenvalue weighted by Crippen LogP contribution is -2.16. The number of thiophene rings is 1. The molecule has 0 spiro atoms. The van der Waals surface area contributed by atoms with Gasteiger partial charge >= 0.3 is 0 Å². The second-order valence-electron chi connectivity index (χ2n) is 4.60. The average Bonchev–Trinajstić information content (AvgIpc) is 2.64. The predicted octanol–water partition coefficient (Wildman–Crippen LogP) is 2.88. The molecule has 0 saturated heterocycles.